The van der Waals surface area contributed by atoms with Crippen LogP contribution in [0.15, 0.2) is 47.4 Å². The molecule has 0 bridgehead atoms. The van der Waals surface area contributed by atoms with Crippen molar-refractivity contribution in [3.63, 3.8) is 0 Å². The summed E-state index contributed by atoms with van der Waals surface area (Å²) in [5.41, 5.74) is 4.48. The summed E-state index contributed by atoms with van der Waals surface area (Å²) in [6.07, 6.45) is 0. The van der Waals surface area contributed by atoms with E-state index in [4.69, 9.17) is 0 Å². The Labute approximate surface area is 175 Å². The average Bonchev–Trinajstić information content (AvgIpc) is 2.71. The van der Waals surface area contributed by atoms with Crippen LogP contribution in [0.5, 0.6) is 0 Å². The van der Waals surface area contributed by atoms with E-state index in [0.717, 1.165) is 26.2 Å². The molecular formula is C22H27F2N3OS. The van der Waals surface area contributed by atoms with Crippen molar-refractivity contribution in [3.8, 4) is 0 Å². The fourth-order valence-electron chi connectivity index (χ4n) is 3.56. The van der Waals surface area contributed by atoms with Crippen LogP contribution in [0.1, 0.15) is 18.1 Å². The highest BCUT2D eigenvalue weighted by Crippen LogP contribution is 2.27. The van der Waals surface area contributed by atoms with Crippen LogP contribution >= 0.6 is 11.8 Å². The first-order valence-electron chi connectivity index (χ1n) is 9.76. The lowest BCUT2D eigenvalue weighted by Gasteiger charge is -2.39. The number of thioether (sulfide) groups is 1. The van der Waals surface area contributed by atoms with Gasteiger partial charge in [0.15, 0.2) is 0 Å². The van der Waals surface area contributed by atoms with Gasteiger partial charge in [-0.15, -0.1) is 0 Å². The highest BCUT2D eigenvalue weighted by atomic mass is 32.2. The lowest BCUT2D eigenvalue weighted by atomic mass is 10.1. The Hall–Kier alpha value is -2.12. The molecular weight excluding hydrogens is 392 g/mol. The van der Waals surface area contributed by atoms with Crippen molar-refractivity contribution in [2.45, 2.75) is 37.5 Å². The van der Waals surface area contributed by atoms with Gasteiger partial charge in [0.2, 0.25) is 5.91 Å². The molecule has 1 N–H and O–H groups in total. The van der Waals surface area contributed by atoms with Gasteiger partial charge >= 0.3 is 0 Å². The normalized spacial score (nSPS) is 16.1. The summed E-state index contributed by atoms with van der Waals surface area (Å²) in [6, 6.07) is 12.6. The van der Waals surface area contributed by atoms with Crippen molar-refractivity contribution >= 4 is 29.0 Å². The van der Waals surface area contributed by atoms with Gasteiger partial charge in [-0.3, -0.25) is 9.69 Å². The monoisotopic (exact) mass is 419 g/mol. The number of halogens is 2. The van der Waals surface area contributed by atoms with Gasteiger partial charge in [0.25, 0.3) is 5.76 Å². The molecule has 1 aliphatic rings. The van der Waals surface area contributed by atoms with Crippen LogP contribution in [0.4, 0.5) is 20.2 Å². The molecule has 0 radical (unpaired) electrons. The standard InChI is InChI=1S/C22H27F2N3OS/c1-15-5-4-6-20(16(15)2)27-13-11-26(12-14-27)17(3)21(28)25-18-7-9-19(10-8-18)29-22(23)24/h4-10,17,22H,11-14H2,1-3H3,(H,25,28)/t17-/m1/s1. The molecule has 1 amide bonds. The van der Waals surface area contributed by atoms with Crippen molar-refractivity contribution < 1.29 is 13.6 Å². The van der Waals surface area contributed by atoms with Crippen LogP contribution in [0.3, 0.4) is 0 Å². The van der Waals surface area contributed by atoms with E-state index in [1.165, 1.54) is 16.8 Å². The molecule has 1 fully saturated rings. The number of carbonyl (C=O) groups excluding carboxylic acids is 1. The average molecular weight is 420 g/mol. The molecule has 0 spiro atoms. The minimum absolute atomic E-state index is 0.0838. The quantitative estimate of drug-likeness (QED) is 0.685. The van der Waals surface area contributed by atoms with Gasteiger partial charge in [-0.25, -0.2) is 0 Å². The highest BCUT2D eigenvalue weighted by molar-refractivity contribution is 7.99. The van der Waals surface area contributed by atoms with E-state index in [-0.39, 0.29) is 11.9 Å². The molecule has 0 unspecified atom stereocenters. The third-order valence-electron chi connectivity index (χ3n) is 5.51. The predicted molar refractivity (Wildman–Crippen MR) is 116 cm³/mol. The second-order valence-electron chi connectivity index (χ2n) is 7.31. The Balaban J connectivity index is 1.54. The van der Waals surface area contributed by atoms with Crippen molar-refractivity contribution in [3.05, 3.63) is 53.6 Å². The van der Waals surface area contributed by atoms with Gasteiger partial charge in [-0.2, -0.15) is 8.78 Å². The fourth-order valence-corrected chi connectivity index (χ4v) is 4.06. The molecule has 29 heavy (non-hydrogen) atoms. The fraction of sp³-hybridized carbons (Fsp3) is 0.409. The number of aryl methyl sites for hydroxylation is 1. The first-order valence-corrected chi connectivity index (χ1v) is 10.6. The van der Waals surface area contributed by atoms with E-state index in [0.29, 0.717) is 22.3 Å². The van der Waals surface area contributed by atoms with Crippen LogP contribution < -0.4 is 10.2 Å². The van der Waals surface area contributed by atoms with Crippen LogP contribution in [0.25, 0.3) is 0 Å². The summed E-state index contributed by atoms with van der Waals surface area (Å²) in [4.78, 5) is 17.7. The lowest BCUT2D eigenvalue weighted by Crippen LogP contribution is -2.53. The van der Waals surface area contributed by atoms with Crippen LogP contribution in [0.2, 0.25) is 0 Å². The zero-order chi connectivity index (χ0) is 21.0. The summed E-state index contributed by atoms with van der Waals surface area (Å²) >= 11 is 0.496. The summed E-state index contributed by atoms with van der Waals surface area (Å²) in [5, 5.41) is 2.89. The molecule has 7 heteroatoms. The van der Waals surface area contributed by atoms with E-state index in [1.807, 2.05) is 6.92 Å². The Bertz CT molecular complexity index is 836. The zero-order valence-corrected chi connectivity index (χ0v) is 17.8. The zero-order valence-electron chi connectivity index (χ0n) is 17.0. The van der Waals surface area contributed by atoms with Gasteiger partial charge in [0, 0.05) is 42.4 Å². The lowest BCUT2D eigenvalue weighted by molar-refractivity contribution is -0.120. The molecule has 0 aliphatic carbocycles. The summed E-state index contributed by atoms with van der Waals surface area (Å²) in [5.74, 6) is -2.53. The van der Waals surface area contributed by atoms with Gasteiger partial charge in [0.1, 0.15) is 0 Å². The van der Waals surface area contributed by atoms with Crippen molar-refractivity contribution in [2.24, 2.45) is 0 Å². The molecule has 2 aromatic rings. The number of benzene rings is 2. The summed E-state index contributed by atoms with van der Waals surface area (Å²) in [7, 11) is 0. The van der Waals surface area contributed by atoms with Crippen LogP contribution in [-0.2, 0) is 4.79 Å². The molecule has 2 aromatic carbocycles. The number of piperazine rings is 1. The second kappa shape index (κ2) is 9.59. The summed E-state index contributed by atoms with van der Waals surface area (Å²) in [6.45, 7) is 9.56. The number of anilines is 2. The smallest absolute Gasteiger partial charge is 0.288 e. The molecule has 1 atom stereocenters. The number of nitrogens with zero attached hydrogens (tertiary/aromatic N) is 2. The van der Waals surface area contributed by atoms with Gasteiger partial charge in [-0.1, -0.05) is 23.9 Å². The second-order valence-corrected chi connectivity index (χ2v) is 8.37. The minimum Gasteiger partial charge on any atom is -0.369 e. The Morgan fingerprint density at radius 2 is 1.69 bits per heavy atom. The third-order valence-corrected chi connectivity index (χ3v) is 6.23. The predicted octanol–water partition coefficient (Wildman–Crippen LogP) is 4.77. The number of carbonyl (C=O) groups is 1. The maximum Gasteiger partial charge on any atom is 0.288 e. The molecule has 1 saturated heterocycles. The minimum atomic E-state index is -2.45. The van der Waals surface area contributed by atoms with Crippen LogP contribution in [0, 0.1) is 13.8 Å². The number of alkyl halides is 2. The molecule has 1 aliphatic heterocycles. The van der Waals surface area contributed by atoms with Crippen molar-refractivity contribution in [1.29, 1.82) is 0 Å². The first kappa shape index (κ1) is 21.6. The van der Waals surface area contributed by atoms with E-state index < -0.39 is 5.76 Å². The maximum atomic E-state index is 12.6. The Kier molecular flexibility index (Phi) is 7.14. The van der Waals surface area contributed by atoms with Crippen molar-refractivity contribution in [1.82, 2.24) is 4.90 Å². The highest BCUT2D eigenvalue weighted by Gasteiger charge is 2.26. The van der Waals surface area contributed by atoms with E-state index in [1.54, 1.807) is 24.3 Å². The van der Waals surface area contributed by atoms with Gasteiger partial charge in [-0.05, 0) is 62.2 Å². The Morgan fingerprint density at radius 3 is 2.31 bits per heavy atom. The molecule has 1 heterocycles. The number of hydrogen-bond acceptors (Lipinski definition) is 4. The first-order chi connectivity index (χ1) is 13.8. The van der Waals surface area contributed by atoms with Gasteiger partial charge < -0.3 is 10.2 Å². The molecule has 156 valence electrons. The largest absolute Gasteiger partial charge is 0.369 e. The maximum absolute atomic E-state index is 12.6. The summed E-state index contributed by atoms with van der Waals surface area (Å²) < 4.78 is 24.8. The third kappa shape index (κ3) is 5.48. The Morgan fingerprint density at radius 1 is 1.03 bits per heavy atom. The number of rotatable bonds is 6. The number of amides is 1. The number of nitrogens with one attached hydrogen (secondary N) is 1. The van der Waals surface area contributed by atoms with E-state index in [9.17, 15) is 13.6 Å². The topological polar surface area (TPSA) is 35.6 Å². The van der Waals surface area contributed by atoms with Crippen LogP contribution in [-0.4, -0.2) is 48.8 Å². The van der Waals surface area contributed by atoms with E-state index >= 15 is 0 Å². The van der Waals surface area contributed by atoms with Crippen molar-refractivity contribution in [2.75, 3.05) is 36.4 Å². The molecule has 4 nitrogen and oxygen atoms in total. The van der Waals surface area contributed by atoms with Gasteiger partial charge in [0.05, 0.1) is 6.04 Å². The molecule has 0 saturated carbocycles. The number of hydrogen-bond donors (Lipinski definition) is 1. The molecule has 0 aromatic heterocycles. The molecule has 3 rings (SSSR count). The SMILES string of the molecule is Cc1cccc(N2CCN([C@H](C)C(=O)Nc3ccc(SC(F)F)cc3)CC2)c1C. The van der Waals surface area contributed by atoms with E-state index in [2.05, 4.69) is 47.2 Å².